The van der Waals surface area contributed by atoms with Gasteiger partial charge >= 0.3 is 0 Å². The molecule has 2 N–H and O–H groups in total. The Balaban J connectivity index is 0.00000392. The fraction of sp³-hybridized carbons (Fsp3) is 0.810. The summed E-state index contributed by atoms with van der Waals surface area (Å²) in [6.45, 7) is 16.7. The number of rotatable bonds is 6. The molecule has 1 aromatic rings. The Hall–Kier alpha value is -0.830. The Labute approximate surface area is 189 Å². The first-order valence-corrected chi connectivity index (χ1v) is 10.4. The number of nitrogens with one attached hydrogen (secondary N) is 2. The molecule has 2 rings (SSSR count). The Morgan fingerprint density at radius 2 is 2.04 bits per heavy atom. The third-order valence-electron chi connectivity index (χ3n) is 5.98. The maximum absolute atomic E-state index is 4.53. The highest BCUT2D eigenvalue weighted by atomic mass is 127. The molecule has 0 bridgehead atoms. The molecule has 0 amide bonds. The minimum Gasteiger partial charge on any atom is -0.355 e. The van der Waals surface area contributed by atoms with Crippen molar-refractivity contribution in [3.05, 3.63) is 17.0 Å². The van der Waals surface area contributed by atoms with Crippen LogP contribution in [0, 0.1) is 19.8 Å². The van der Waals surface area contributed by atoms with Gasteiger partial charge in [-0.25, -0.2) is 0 Å². The van der Waals surface area contributed by atoms with Crippen molar-refractivity contribution >= 4 is 29.9 Å². The van der Waals surface area contributed by atoms with Crippen molar-refractivity contribution in [1.82, 2.24) is 25.3 Å². The van der Waals surface area contributed by atoms with Crippen molar-refractivity contribution in [3.63, 3.8) is 0 Å². The Morgan fingerprint density at radius 1 is 1.36 bits per heavy atom. The molecule has 1 fully saturated rings. The van der Waals surface area contributed by atoms with Gasteiger partial charge in [-0.3, -0.25) is 14.6 Å². The number of halogens is 1. The van der Waals surface area contributed by atoms with E-state index < -0.39 is 0 Å². The molecule has 162 valence electrons. The van der Waals surface area contributed by atoms with E-state index in [1.54, 1.807) is 0 Å². The van der Waals surface area contributed by atoms with Gasteiger partial charge in [-0.2, -0.15) is 5.10 Å². The smallest absolute Gasteiger partial charge is 0.191 e. The summed E-state index contributed by atoms with van der Waals surface area (Å²) in [5.41, 5.74) is 3.80. The van der Waals surface area contributed by atoms with Crippen molar-refractivity contribution in [2.75, 3.05) is 26.7 Å². The fourth-order valence-corrected chi connectivity index (χ4v) is 4.05. The summed E-state index contributed by atoms with van der Waals surface area (Å²) in [4.78, 5) is 7.06. The predicted octanol–water partition coefficient (Wildman–Crippen LogP) is 3.26. The van der Waals surface area contributed by atoms with Gasteiger partial charge < -0.3 is 10.6 Å². The number of piperidine rings is 1. The first kappa shape index (κ1) is 25.2. The van der Waals surface area contributed by atoms with E-state index in [0.717, 1.165) is 30.5 Å². The standard InChI is InChI=1S/C21H40N6.HI/c1-15-10-9-11-27(13-15)21(5,6)14-23-20(22-7)24-16(2)12-19-17(3)25-26(8)18(19)4;/h15-16H,9-14H2,1-8H3,(H2,22,23,24);1H. The summed E-state index contributed by atoms with van der Waals surface area (Å²) in [5.74, 6) is 1.67. The van der Waals surface area contributed by atoms with Crippen molar-refractivity contribution in [3.8, 4) is 0 Å². The van der Waals surface area contributed by atoms with Gasteiger partial charge in [0.15, 0.2) is 5.96 Å². The zero-order valence-corrected chi connectivity index (χ0v) is 21.4. The van der Waals surface area contributed by atoms with Crippen LogP contribution in [0.25, 0.3) is 0 Å². The van der Waals surface area contributed by atoms with E-state index in [-0.39, 0.29) is 35.6 Å². The topological polar surface area (TPSA) is 57.5 Å². The lowest BCUT2D eigenvalue weighted by Crippen LogP contribution is -2.56. The average Bonchev–Trinajstić information content (AvgIpc) is 2.84. The molecule has 0 aliphatic carbocycles. The highest BCUT2D eigenvalue weighted by molar-refractivity contribution is 14.0. The molecule has 7 heteroatoms. The normalized spacial score (nSPS) is 19.9. The zero-order valence-electron chi connectivity index (χ0n) is 19.1. The molecule has 0 radical (unpaired) electrons. The highest BCUT2D eigenvalue weighted by Crippen LogP contribution is 2.23. The second kappa shape index (κ2) is 10.8. The lowest BCUT2D eigenvalue weighted by Gasteiger charge is -2.43. The quantitative estimate of drug-likeness (QED) is 0.355. The molecular formula is C21H41IN6. The van der Waals surface area contributed by atoms with E-state index >= 15 is 0 Å². The highest BCUT2D eigenvalue weighted by Gasteiger charge is 2.30. The summed E-state index contributed by atoms with van der Waals surface area (Å²) in [5, 5.41) is 11.6. The third-order valence-corrected chi connectivity index (χ3v) is 5.98. The minimum atomic E-state index is 0. The molecular weight excluding hydrogens is 463 g/mol. The summed E-state index contributed by atoms with van der Waals surface area (Å²) in [6, 6.07) is 0.288. The first-order chi connectivity index (χ1) is 12.6. The largest absolute Gasteiger partial charge is 0.355 e. The van der Waals surface area contributed by atoms with Gasteiger partial charge in [-0.05, 0) is 71.9 Å². The predicted molar refractivity (Wildman–Crippen MR) is 130 cm³/mol. The minimum absolute atomic E-state index is 0. The fourth-order valence-electron chi connectivity index (χ4n) is 4.05. The van der Waals surface area contributed by atoms with Crippen LogP contribution in [0.1, 0.15) is 57.5 Å². The molecule has 2 heterocycles. The van der Waals surface area contributed by atoms with Crippen molar-refractivity contribution in [2.24, 2.45) is 18.0 Å². The van der Waals surface area contributed by atoms with Gasteiger partial charge in [0.25, 0.3) is 0 Å². The van der Waals surface area contributed by atoms with Gasteiger partial charge in [0.2, 0.25) is 0 Å². The van der Waals surface area contributed by atoms with Crippen molar-refractivity contribution < 1.29 is 0 Å². The maximum Gasteiger partial charge on any atom is 0.191 e. The number of likely N-dealkylation sites (tertiary alicyclic amines) is 1. The number of hydrogen-bond donors (Lipinski definition) is 2. The number of nitrogens with zero attached hydrogens (tertiary/aromatic N) is 4. The van der Waals surface area contributed by atoms with Crippen LogP contribution < -0.4 is 10.6 Å². The van der Waals surface area contributed by atoms with Crippen LogP contribution in [0.3, 0.4) is 0 Å². The second-order valence-corrected chi connectivity index (χ2v) is 8.95. The molecule has 2 unspecified atom stereocenters. The van der Waals surface area contributed by atoms with Crippen LogP contribution in [-0.4, -0.2) is 58.9 Å². The van der Waals surface area contributed by atoms with E-state index in [0.29, 0.717) is 0 Å². The van der Waals surface area contributed by atoms with E-state index in [1.807, 2.05) is 18.8 Å². The van der Waals surface area contributed by atoms with Crippen molar-refractivity contribution in [1.29, 1.82) is 0 Å². The van der Waals surface area contributed by atoms with Crippen LogP contribution >= 0.6 is 24.0 Å². The Bertz CT molecular complexity index is 652. The third kappa shape index (κ3) is 6.61. The molecule has 28 heavy (non-hydrogen) atoms. The lowest BCUT2D eigenvalue weighted by molar-refractivity contribution is 0.0739. The number of aliphatic imine (C=N–C) groups is 1. The first-order valence-electron chi connectivity index (χ1n) is 10.4. The molecule has 1 aliphatic rings. The molecule has 0 saturated carbocycles. The summed E-state index contributed by atoms with van der Waals surface area (Å²) >= 11 is 0. The van der Waals surface area contributed by atoms with Gasteiger partial charge in [0, 0.05) is 44.5 Å². The number of aromatic nitrogens is 2. The van der Waals surface area contributed by atoms with Gasteiger partial charge in [-0.1, -0.05) is 6.92 Å². The van der Waals surface area contributed by atoms with Gasteiger partial charge in [-0.15, -0.1) is 24.0 Å². The van der Waals surface area contributed by atoms with E-state index in [2.05, 4.69) is 67.2 Å². The molecule has 1 aliphatic heterocycles. The van der Waals surface area contributed by atoms with Gasteiger partial charge in [0.05, 0.1) is 5.69 Å². The summed E-state index contributed by atoms with van der Waals surface area (Å²) in [6.07, 6.45) is 3.60. The zero-order chi connectivity index (χ0) is 20.2. The van der Waals surface area contributed by atoms with Crippen LogP contribution in [0.5, 0.6) is 0 Å². The van der Waals surface area contributed by atoms with Crippen LogP contribution in [0.2, 0.25) is 0 Å². The monoisotopic (exact) mass is 504 g/mol. The van der Waals surface area contributed by atoms with Crippen LogP contribution in [0.4, 0.5) is 0 Å². The molecule has 1 aromatic heterocycles. The molecule has 6 nitrogen and oxygen atoms in total. The number of aryl methyl sites for hydroxylation is 2. The Kier molecular flexibility index (Phi) is 9.73. The maximum atomic E-state index is 4.53. The summed E-state index contributed by atoms with van der Waals surface area (Å²) < 4.78 is 1.96. The van der Waals surface area contributed by atoms with Crippen LogP contribution in [0.15, 0.2) is 4.99 Å². The molecule has 0 spiro atoms. The number of hydrogen-bond acceptors (Lipinski definition) is 3. The molecule has 0 aromatic carbocycles. The Morgan fingerprint density at radius 3 is 2.57 bits per heavy atom. The van der Waals surface area contributed by atoms with Crippen LogP contribution in [-0.2, 0) is 13.5 Å². The SMILES string of the molecule is CN=C(NCC(C)(C)N1CCCC(C)C1)NC(C)Cc1c(C)nn(C)c1C.I. The molecule has 2 atom stereocenters. The average molecular weight is 505 g/mol. The lowest BCUT2D eigenvalue weighted by atomic mass is 9.93. The van der Waals surface area contributed by atoms with E-state index in [4.69, 9.17) is 0 Å². The second-order valence-electron chi connectivity index (χ2n) is 8.95. The van der Waals surface area contributed by atoms with E-state index in [9.17, 15) is 0 Å². The molecule has 1 saturated heterocycles. The summed E-state index contributed by atoms with van der Waals surface area (Å²) in [7, 11) is 3.85. The number of guanidine groups is 1. The van der Waals surface area contributed by atoms with E-state index in [1.165, 1.54) is 37.2 Å². The van der Waals surface area contributed by atoms with Crippen molar-refractivity contribution in [2.45, 2.75) is 72.4 Å². The van der Waals surface area contributed by atoms with Gasteiger partial charge in [0.1, 0.15) is 0 Å².